The van der Waals surface area contributed by atoms with Gasteiger partial charge in [0.25, 0.3) is 0 Å². The Labute approximate surface area is 295 Å². The van der Waals surface area contributed by atoms with Crippen molar-refractivity contribution in [1.29, 1.82) is 0 Å². The van der Waals surface area contributed by atoms with Crippen LogP contribution in [0.1, 0.15) is 25.0 Å². The standard InChI is InChI=1S/C40H26N6O2.Pt/c1-40(2)27-15-6-11-20-32(27)47-38-36(40)26-23-24-35(43-37(26)44(38)25-13-4-3-5-14-25)48-34-22-12-21-33(42-34)46-31-19-10-9-18-30(31)45-29-17-8-7-16-28(29)41-39(45)46;/h3-13,15-18,20-24H,1-2H3;/q-2;+2. The van der Waals surface area contributed by atoms with Gasteiger partial charge in [-0.2, -0.15) is 52.4 Å². The van der Waals surface area contributed by atoms with Crippen LogP contribution in [-0.2, 0) is 26.5 Å². The Morgan fingerprint density at radius 1 is 0.694 bits per heavy atom. The predicted octanol–water partition coefficient (Wildman–Crippen LogP) is 8.99. The molecular formula is C40H26N6O2Pt. The van der Waals surface area contributed by atoms with Gasteiger partial charge in [0.1, 0.15) is 17.2 Å². The largest absolute Gasteiger partial charge is 2.00 e. The molecule has 0 aliphatic carbocycles. The van der Waals surface area contributed by atoms with Gasteiger partial charge in [-0.3, -0.25) is 9.13 Å². The maximum atomic E-state index is 6.63. The van der Waals surface area contributed by atoms with E-state index in [1.165, 1.54) is 0 Å². The predicted molar refractivity (Wildman–Crippen MR) is 185 cm³/mol. The van der Waals surface area contributed by atoms with E-state index >= 15 is 0 Å². The van der Waals surface area contributed by atoms with Crippen LogP contribution in [0.2, 0.25) is 0 Å². The molecule has 0 saturated carbocycles. The second-order valence-corrected chi connectivity index (χ2v) is 12.4. The Morgan fingerprint density at radius 3 is 2.39 bits per heavy atom. The molecule has 0 amide bonds. The van der Waals surface area contributed by atoms with Crippen LogP contribution >= 0.6 is 0 Å². The van der Waals surface area contributed by atoms with Crippen LogP contribution in [-0.4, -0.2) is 28.5 Å². The number of aromatic nitrogens is 6. The zero-order valence-electron chi connectivity index (χ0n) is 26.4. The van der Waals surface area contributed by atoms with Crippen molar-refractivity contribution in [3.8, 4) is 34.9 Å². The molecule has 0 unspecified atom stereocenters. The van der Waals surface area contributed by atoms with Gasteiger partial charge in [0, 0.05) is 34.1 Å². The maximum absolute atomic E-state index is 6.63. The molecule has 0 N–H and O–H groups in total. The van der Waals surface area contributed by atoms with Crippen molar-refractivity contribution in [3.63, 3.8) is 0 Å². The maximum Gasteiger partial charge on any atom is 2.00 e. The van der Waals surface area contributed by atoms with Crippen LogP contribution in [0.4, 0.5) is 0 Å². The van der Waals surface area contributed by atoms with Gasteiger partial charge >= 0.3 is 21.1 Å². The number of hydrogen-bond acceptors (Lipinski definition) is 5. The quantitative estimate of drug-likeness (QED) is 0.166. The van der Waals surface area contributed by atoms with Crippen molar-refractivity contribution in [2.45, 2.75) is 19.3 Å². The fourth-order valence-corrected chi connectivity index (χ4v) is 7.12. The summed E-state index contributed by atoms with van der Waals surface area (Å²) in [5.74, 6) is 3.80. The van der Waals surface area contributed by atoms with Gasteiger partial charge in [-0.25, -0.2) is 4.98 Å². The molecule has 9 aromatic rings. The van der Waals surface area contributed by atoms with Crippen LogP contribution in [0, 0.1) is 12.1 Å². The van der Waals surface area contributed by atoms with Crippen molar-refractivity contribution >= 4 is 38.9 Å². The van der Waals surface area contributed by atoms with E-state index in [-0.39, 0.29) is 26.5 Å². The minimum Gasteiger partial charge on any atom is -0.440 e. The van der Waals surface area contributed by atoms with E-state index in [2.05, 4.69) is 60.7 Å². The van der Waals surface area contributed by atoms with Crippen LogP contribution in [0.15, 0.2) is 121 Å². The first kappa shape index (κ1) is 29.4. The summed E-state index contributed by atoms with van der Waals surface area (Å²) < 4.78 is 19.2. The summed E-state index contributed by atoms with van der Waals surface area (Å²) in [7, 11) is 0. The molecule has 0 spiro atoms. The van der Waals surface area contributed by atoms with Gasteiger partial charge in [-0.05, 0) is 41.4 Å². The molecule has 0 radical (unpaired) electrons. The Hall–Kier alpha value is -5.72. The van der Waals surface area contributed by atoms with E-state index in [0.29, 0.717) is 23.2 Å². The molecule has 238 valence electrons. The van der Waals surface area contributed by atoms with E-state index in [1.807, 2.05) is 100 Å². The van der Waals surface area contributed by atoms with E-state index < -0.39 is 0 Å². The van der Waals surface area contributed by atoms with E-state index in [4.69, 9.17) is 24.4 Å². The Kier molecular flexibility index (Phi) is 6.55. The van der Waals surface area contributed by atoms with Crippen LogP contribution in [0.5, 0.6) is 23.4 Å². The number of ether oxygens (including phenoxy) is 2. The first-order valence-electron chi connectivity index (χ1n) is 15.8. The first-order valence-corrected chi connectivity index (χ1v) is 15.8. The third-order valence-electron chi connectivity index (χ3n) is 9.24. The summed E-state index contributed by atoms with van der Waals surface area (Å²) in [5.41, 5.74) is 7.22. The Bertz CT molecular complexity index is 2730. The number of pyridine rings is 2. The number of imidazole rings is 2. The molecule has 10 rings (SSSR count). The van der Waals surface area contributed by atoms with Crippen LogP contribution in [0.25, 0.3) is 50.4 Å². The summed E-state index contributed by atoms with van der Waals surface area (Å²) in [4.78, 5) is 15.0. The minimum absolute atomic E-state index is 0. The Morgan fingerprint density at radius 2 is 1.49 bits per heavy atom. The van der Waals surface area contributed by atoms with Crippen molar-refractivity contribution in [2.75, 3.05) is 0 Å². The summed E-state index contributed by atoms with van der Waals surface area (Å²) >= 11 is 0. The molecule has 0 fully saturated rings. The summed E-state index contributed by atoms with van der Waals surface area (Å²) in [6, 6.07) is 46.6. The second kappa shape index (κ2) is 10.9. The van der Waals surface area contributed by atoms with Crippen molar-refractivity contribution in [2.24, 2.45) is 0 Å². The average molecular weight is 818 g/mol. The minimum atomic E-state index is -0.331. The third-order valence-corrected chi connectivity index (χ3v) is 9.24. The molecule has 0 bridgehead atoms. The molecule has 1 aliphatic rings. The van der Waals surface area contributed by atoms with Crippen molar-refractivity contribution in [3.05, 3.63) is 145 Å². The fourth-order valence-electron chi connectivity index (χ4n) is 7.12. The van der Waals surface area contributed by atoms with Gasteiger partial charge in [0.2, 0.25) is 23.4 Å². The smallest absolute Gasteiger partial charge is 0.440 e. The van der Waals surface area contributed by atoms with Gasteiger partial charge in [-0.15, -0.1) is 12.1 Å². The molecule has 0 atom stereocenters. The number of fused-ring (bicyclic) bond motifs is 9. The van der Waals surface area contributed by atoms with Gasteiger partial charge < -0.3 is 13.9 Å². The van der Waals surface area contributed by atoms with Gasteiger partial charge in [0.15, 0.2) is 0 Å². The van der Waals surface area contributed by atoms with Crippen molar-refractivity contribution < 1.29 is 30.5 Å². The molecule has 9 heteroatoms. The summed E-state index contributed by atoms with van der Waals surface area (Å²) in [6.07, 6.45) is 0. The van der Waals surface area contributed by atoms with Gasteiger partial charge in [0.05, 0.1) is 11.0 Å². The average Bonchev–Trinajstić information content (AvgIpc) is 3.75. The molecule has 1 aliphatic heterocycles. The zero-order chi connectivity index (χ0) is 32.0. The van der Waals surface area contributed by atoms with Gasteiger partial charge in [-0.1, -0.05) is 55.9 Å². The second-order valence-electron chi connectivity index (χ2n) is 12.4. The van der Waals surface area contributed by atoms with Crippen LogP contribution < -0.4 is 9.47 Å². The van der Waals surface area contributed by atoms with E-state index in [9.17, 15) is 0 Å². The number of benzene rings is 4. The number of para-hydroxylation sites is 5. The molecule has 8 nitrogen and oxygen atoms in total. The molecule has 4 aromatic carbocycles. The zero-order valence-corrected chi connectivity index (χ0v) is 28.6. The summed E-state index contributed by atoms with van der Waals surface area (Å²) in [6.45, 7) is 4.46. The van der Waals surface area contributed by atoms with Crippen LogP contribution in [0.3, 0.4) is 0 Å². The van der Waals surface area contributed by atoms with E-state index in [1.54, 1.807) is 0 Å². The first-order chi connectivity index (χ1) is 23.6. The normalized spacial score (nSPS) is 13.3. The number of rotatable bonds is 4. The molecule has 0 saturated heterocycles. The molecule has 6 heterocycles. The third kappa shape index (κ3) is 4.30. The summed E-state index contributed by atoms with van der Waals surface area (Å²) in [5, 5.41) is 0.985. The number of hydrogen-bond donors (Lipinski definition) is 0. The van der Waals surface area contributed by atoms with E-state index in [0.717, 1.165) is 61.7 Å². The van der Waals surface area contributed by atoms with Crippen molar-refractivity contribution in [1.82, 2.24) is 28.5 Å². The Balaban J connectivity index is 0.00000325. The molecule has 49 heavy (non-hydrogen) atoms. The SMILES string of the molecule is CC1(C)c2ccccc2Oc2c1c1ccc(Oc3cccc(-n4c5[c-]cccc5n5c6ccccc6nc45)n3)nc1n2-c1[c-]cccc1.[Pt+2]. The monoisotopic (exact) mass is 817 g/mol. The fraction of sp³-hybridized carbons (Fsp3) is 0.0750. The number of nitrogens with zero attached hydrogens (tertiary/aromatic N) is 6. The molecule has 5 aromatic heterocycles. The topological polar surface area (TPSA) is 71.4 Å². The molecular weight excluding hydrogens is 792 g/mol.